The summed E-state index contributed by atoms with van der Waals surface area (Å²) in [5.41, 5.74) is 9.97. The molecule has 2 aromatic rings. The third kappa shape index (κ3) is 3.31. The summed E-state index contributed by atoms with van der Waals surface area (Å²) < 4.78 is 7.03. The molecule has 0 fully saturated rings. The zero-order valence-electron chi connectivity index (χ0n) is 13.2. The molecule has 0 aliphatic heterocycles. The molecule has 0 bridgehead atoms. The van der Waals surface area contributed by atoms with E-state index in [4.69, 9.17) is 10.5 Å². The number of benzene rings is 1. The summed E-state index contributed by atoms with van der Waals surface area (Å²) in [7, 11) is 0. The highest BCUT2D eigenvalue weighted by atomic mass is 16.5. The predicted octanol–water partition coefficient (Wildman–Crippen LogP) is 2.23. The minimum Gasteiger partial charge on any atom is -0.508 e. The number of aryl methyl sites for hydroxylation is 1. The second-order valence-electron chi connectivity index (χ2n) is 5.31. The van der Waals surface area contributed by atoms with Crippen LogP contribution in [0.15, 0.2) is 30.3 Å². The molecule has 0 amide bonds. The van der Waals surface area contributed by atoms with Crippen LogP contribution in [0, 0.1) is 13.8 Å². The molecule has 2 rings (SSSR count). The van der Waals surface area contributed by atoms with E-state index in [1.807, 2.05) is 32.0 Å². The first-order valence-electron chi connectivity index (χ1n) is 7.33. The zero-order chi connectivity index (χ0) is 16.3. The standard InChI is InChI=1S/C17H22N2O3/c1-4-22-17(21)16(18)10-13-9-11(2)19(12(13)3)14-5-7-15(20)8-6-14/h5-9,16,20H,4,10,18H2,1-3H3. The molecule has 5 heteroatoms. The molecule has 0 aliphatic carbocycles. The second kappa shape index (κ2) is 6.66. The van der Waals surface area contributed by atoms with Crippen molar-refractivity contribution in [3.63, 3.8) is 0 Å². The minimum atomic E-state index is -0.659. The number of nitrogens with zero attached hydrogens (tertiary/aromatic N) is 1. The van der Waals surface area contributed by atoms with Crippen LogP contribution < -0.4 is 5.73 Å². The van der Waals surface area contributed by atoms with Crippen LogP contribution in [-0.4, -0.2) is 28.3 Å². The Bertz CT molecular complexity index is 659. The van der Waals surface area contributed by atoms with Gasteiger partial charge in [-0.3, -0.25) is 4.79 Å². The number of hydrogen-bond donors (Lipinski definition) is 2. The van der Waals surface area contributed by atoms with Gasteiger partial charge in [-0.05, 0) is 56.7 Å². The predicted molar refractivity (Wildman–Crippen MR) is 85.2 cm³/mol. The highest BCUT2D eigenvalue weighted by Gasteiger charge is 2.19. The number of aromatic hydroxyl groups is 1. The Morgan fingerprint density at radius 1 is 1.32 bits per heavy atom. The molecule has 0 saturated heterocycles. The SMILES string of the molecule is CCOC(=O)C(N)Cc1cc(C)n(-c2ccc(O)cc2)c1C. The molecular formula is C17H22N2O3. The number of esters is 1. The fourth-order valence-electron chi connectivity index (χ4n) is 2.60. The third-order valence-electron chi connectivity index (χ3n) is 3.67. The highest BCUT2D eigenvalue weighted by molar-refractivity contribution is 5.76. The third-order valence-corrected chi connectivity index (χ3v) is 3.67. The monoisotopic (exact) mass is 302 g/mol. The first-order valence-corrected chi connectivity index (χ1v) is 7.33. The lowest BCUT2D eigenvalue weighted by Gasteiger charge is -2.12. The van der Waals surface area contributed by atoms with E-state index in [1.165, 1.54) is 0 Å². The maximum atomic E-state index is 11.7. The number of nitrogens with two attached hydrogens (primary N) is 1. The van der Waals surface area contributed by atoms with E-state index >= 15 is 0 Å². The lowest BCUT2D eigenvalue weighted by Crippen LogP contribution is -2.34. The van der Waals surface area contributed by atoms with Gasteiger partial charge < -0.3 is 20.1 Å². The van der Waals surface area contributed by atoms with E-state index in [9.17, 15) is 9.90 Å². The van der Waals surface area contributed by atoms with Gasteiger partial charge in [0.1, 0.15) is 11.8 Å². The number of ether oxygens (including phenoxy) is 1. The highest BCUT2D eigenvalue weighted by Crippen LogP contribution is 2.23. The topological polar surface area (TPSA) is 77.5 Å². The normalized spacial score (nSPS) is 12.2. The molecule has 1 aromatic carbocycles. The summed E-state index contributed by atoms with van der Waals surface area (Å²) in [6.45, 7) is 6.09. The Balaban J connectivity index is 2.27. The molecule has 1 aromatic heterocycles. The van der Waals surface area contributed by atoms with Crippen molar-refractivity contribution < 1.29 is 14.6 Å². The van der Waals surface area contributed by atoms with Gasteiger partial charge in [0, 0.05) is 23.5 Å². The first-order chi connectivity index (χ1) is 10.4. The fraction of sp³-hybridized carbons (Fsp3) is 0.353. The summed E-state index contributed by atoms with van der Waals surface area (Å²) in [6, 6.07) is 8.38. The number of phenols is 1. The Morgan fingerprint density at radius 3 is 2.55 bits per heavy atom. The van der Waals surface area contributed by atoms with E-state index in [2.05, 4.69) is 4.57 Å². The summed E-state index contributed by atoms with van der Waals surface area (Å²) in [4.78, 5) is 11.7. The van der Waals surface area contributed by atoms with Crippen LogP contribution in [0.4, 0.5) is 0 Å². The molecule has 118 valence electrons. The van der Waals surface area contributed by atoms with Crippen LogP contribution in [0.3, 0.4) is 0 Å². The van der Waals surface area contributed by atoms with Gasteiger partial charge in [0.05, 0.1) is 6.61 Å². The van der Waals surface area contributed by atoms with Crippen LogP contribution in [0.5, 0.6) is 5.75 Å². The molecule has 1 unspecified atom stereocenters. The van der Waals surface area contributed by atoms with Crippen molar-refractivity contribution in [3.8, 4) is 11.4 Å². The van der Waals surface area contributed by atoms with Crippen molar-refractivity contribution in [2.45, 2.75) is 33.2 Å². The van der Waals surface area contributed by atoms with E-state index < -0.39 is 6.04 Å². The minimum absolute atomic E-state index is 0.232. The smallest absolute Gasteiger partial charge is 0.323 e. The number of carbonyl (C=O) groups is 1. The van der Waals surface area contributed by atoms with Crippen LogP contribution >= 0.6 is 0 Å². The molecule has 22 heavy (non-hydrogen) atoms. The van der Waals surface area contributed by atoms with Crippen LogP contribution in [0.2, 0.25) is 0 Å². The second-order valence-corrected chi connectivity index (χ2v) is 5.31. The van der Waals surface area contributed by atoms with E-state index in [1.54, 1.807) is 19.1 Å². The van der Waals surface area contributed by atoms with Crippen molar-refractivity contribution >= 4 is 5.97 Å². The average molecular weight is 302 g/mol. The summed E-state index contributed by atoms with van der Waals surface area (Å²) in [5.74, 6) is -0.146. The Kier molecular flexibility index (Phi) is 4.88. The van der Waals surface area contributed by atoms with E-state index in [0.717, 1.165) is 22.6 Å². The van der Waals surface area contributed by atoms with E-state index in [0.29, 0.717) is 13.0 Å². The van der Waals surface area contributed by atoms with Crippen molar-refractivity contribution in [2.24, 2.45) is 5.73 Å². The Hall–Kier alpha value is -2.27. The van der Waals surface area contributed by atoms with Crippen molar-refractivity contribution in [1.29, 1.82) is 0 Å². The molecule has 0 aliphatic rings. The summed E-state index contributed by atoms with van der Waals surface area (Å²) in [5, 5.41) is 9.40. The van der Waals surface area contributed by atoms with Crippen LogP contribution in [-0.2, 0) is 16.0 Å². The van der Waals surface area contributed by atoms with Crippen molar-refractivity contribution in [1.82, 2.24) is 4.57 Å². The fourth-order valence-corrected chi connectivity index (χ4v) is 2.60. The van der Waals surface area contributed by atoms with Crippen molar-refractivity contribution in [2.75, 3.05) is 6.61 Å². The van der Waals surface area contributed by atoms with Crippen LogP contribution in [0.1, 0.15) is 23.9 Å². The largest absolute Gasteiger partial charge is 0.508 e. The number of carbonyl (C=O) groups excluding carboxylic acids is 1. The van der Waals surface area contributed by atoms with Crippen LogP contribution in [0.25, 0.3) is 5.69 Å². The quantitative estimate of drug-likeness (QED) is 0.830. The first kappa shape index (κ1) is 16.1. The summed E-state index contributed by atoms with van der Waals surface area (Å²) >= 11 is 0. The number of phenolic OH excluding ortho intramolecular Hbond substituents is 1. The van der Waals surface area contributed by atoms with Gasteiger partial charge in [-0.2, -0.15) is 0 Å². The molecule has 0 radical (unpaired) electrons. The number of hydrogen-bond acceptors (Lipinski definition) is 4. The molecule has 0 saturated carbocycles. The van der Waals surface area contributed by atoms with Gasteiger partial charge in [0.15, 0.2) is 0 Å². The average Bonchev–Trinajstić information content (AvgIpc) is 2.75. The lowest BCUT2D eigenvalue weighted by atomic mass is 10.1. The van der Waals surface area contributed by atoms with Gasteiger partial charge in [-0.1, -0.05) is 0 Å². The molecule has 3 N–H and O–H groups in total. The molecule has 1 heterocycles. The maximum Gasteiger partial charge on any atom is 0.323 e. The molecular weight excluding hydrogens is 280 g/mol. The van der Waals surface area contributed by atoms with Gasteiger partial charge in [0.2, 0.25) is 0 Å². The van der Waals surface area contributed by atoms with Gasteiger partial charge in [-0.15, -0.1) is 0 Å². The lowest BCUT2D eigenvalue weighted by molar-refractivity contribution is -0.144. The number of aromatic nitrogens is 1. The Morgan fingerprint density at radius 2 is 1.95 bits per heavy atom. The zero-order valence-corrected chi connectivity index (χ0v) is 13.2. The molecule has 5 nitrogen and oxygen atoms in total. The van der Waals surface area contributed by atoms with E-state index in [-0.39, 0.29) is 11.7 Å². The maximum absolute atomic E-state index is 11.7. The molecule has 1 atom stereocenters. The van der Waals surface area contributed by atoms with Gasteiger partial charge in [-0.25, -0.2) is 0 Å². The van der Waals surface area contributed by atoms with Gasteiger partial charge in [0.25, 0.3) is 0 Å². The van der Waals surface area contributed by atoms with Gasteiger partial charge >= 0.3 is 5.97 Å². The van der Waals surface area contributed by atoms with Crippen molar-refractivity contribution in [3.05, 3.63) is 47.3 Å². The Labute approximate surface area is 130 Å². The molecule has 0 spiro atoms. The number of rotatable bonds is 5. The summed E-state index contributed by atoms with van der Waals surface area (Å²) in [6.07, 6.45) is 0.441.